The number of ether oxygens (including phenoxy) is 1. The third-order valence-corrected chi connectivity index (χ3v) is 4.15. The van der Waals surface area contributed by atoms with E-state index in [2.05, 4.69) is 0 Å². The first-order valence-electron chi connectivity index (χ1n) is 5.49. The normalized spacial score (nSPS) is 12.5. The Morgan fingerprint density at radius 3 is 2.21 bits per heavy atom. The molecular weight excluding hydrogens is 311 g/mol. The standard InChI is InChI=1S/C12H16Cl2O4S/c1-12(2,3)7-18-19(15,16)11-6-10(17-4)8(13)5-9(11)14/h5-6H,7H2,1-4H3. The Bertz CT molecular complexity index is 562. The molecule has 0 aromatic heterocycles. The summed E-state index contributed by atoms with van der Waals surface area (Å²) < 4.78 is 34.1. The molecule has 0 spiro atoms. The first-order chi connectivity index (χ1) is 8.57. The Hall–Kier alpha value is -0.490. The number of halogens is 2. The quantitative estimate of drug-likeness (QED) is 0.790. The van der Waals surface area contributed by atoms with Crippen LogP contribution < -0.4 is 4.74 Å². The van der Waals surface area contributed by atoms with E-state index in [0.717, 1.165) is 0 Å². The lowest BCUT2D eigenvalue weighted by molar-refractivity contribution is 0.203. The summed E-state index contributed by atoms with van der Waals surface area (Å²) in [5.41, 5.74) is -0.282. The summed E-state index contributed by atoms with van der Waals surface area (Å²) in [7, 11) is -2.55. The maximum absolute atomic E-state index is 12.1. The summed E-state index contributed by atoms with van der Waals surface area (Å²) in [5, 5.41) is 0.238. The molecule has 0 radical (unpaired) electrons. The topological polar surface area (TPSA) is 52.6 Å². The van der Waals surface area contributed by atoms with Gasteiger partial charge in [0.2, 0.25) is 0 Å². The van der Waals surface area contributed by atoms with E-state index in [1.54, 1.807) is 0 Å². The Kier molecular flexibility index (Phi) is 5.12. The highest BCUT2D eigenvalue weighted by molar-refractivity contribution is 7.86. The van der Waals surface area contributed by atoms with Gasteiger partial charge in [0.25, 0.3) is 10.1 Å². The van der Waals surface area contributed by atoms with Gasteiger partial charge in [-0.2, -0.15) is 8.42 Å². The molecule has 0 bridgehead atoms. The Labute approximate surface area is 123 Å². The van der Waals surface area contributed by atoms with Crippen molar-refractivity contribution in [3.05, 3.63) is 22.2 Å². The van der Waals surface area contributed by atoms with Crippen LogP contribution in [0.2, 0.25) is 10.0 Å². The molecule has 0 aliphatic heterocycles. The molecule has 0 heterocycles. The second-order valence-electron chi connectivity index (χ2n) is 5.19. The van der Waals surface area contributed by atoms with Gasteiger partial charge < -0.3 is 4.74 Å². The number of methoxy groups -OCH3 is 1. The van der Waals surface area contributed by atoms with Gasteiger partial charge in [-0.1, -0.05) is 44.0 Å². The highest BCUT2D eigenvalue weighted by Crippen LogP contribution is 2.34. The van der Waals surface area contributed by atoms with E-state index in [1.165, 1.54) is 19.2 Å². The molecule has 4 nitrogen and oxygen atoms in total. The zero-order chi connectivity index (χ0) is 14.8. The third-order valence-electron chi connectivity index (χ3n) is 2.12. The molecular formula is C12H16Cl2O4S. The summed E-state index contributed by atoms with van der Waals surface area (Å²) in [6.45, 7) is 5.66. The van der Waals surface area contributed by atoms with Crippen LogP contribution in [-0.2, 0) is 14.3 Å². The van der Waals surface area contributed by atoms with Crippen molar-refractivity contribution < 1.29 is 17.3 Å². The lowest BCUT2D eigenvalue weighted by Gasteiger charge is -2.18. The minimum Gasteiger partial charge on any atom is -0.495 e. The third kappa shape index (κ3) is 4.53. The average Bonchev–Trinajstić information content (AvgIpc) is 2.25. The molecule has 0 amide bonds. The summed E-state index contributed by atoms with van der Waals surface area (Å²) in [4.78, 5) is -0.153. The van der Waals surface area contributed by atoms with Crippen LogP contribution in [0.15, 0.2) is 17.0 Å². The number of hydrogen-bond acceptors (Lipinski definition) is 4. The van der Waals surface area contributed by atoms with Crippen LogP contribution in [-0.4, -0.2) is 22.1 Å². The van der Waals surface area contributed by atoms with Gasteiger partial charge >= 0.3 is 0 Å². The van der Waals surface area contributed by atoms with Crippen molar-refractivity contribution >= 4 is 33.3 Å². The van der Waals surface area contributed by atoms with E-state index in [0.29, 0.717) is 0 Å². The van der Waals surface area contributed by atoms with Gasteiger partial charge in [-0.05, 0) is 11.5 Å². The predicted octanol–water partition coefficient (Wildman–Crippen LogP) is 3.75. The number of rotatable bonds is 4. The fourth-order valence-corrected chi connectivity index (χ4v) is 3.10. The molecule has 0 saturated heterocycles. The summed E-state index contributed by atoms with van der Waals surface area (Å²) in [6.07, 6.45) is 0. The maximum atomic E-state index is 12.1. The van der Waals surface area contributed by atoms with Crippen LogP contribution in [0.3, 0.4) is 0 Å². The highest BCUT2D eigenvalue weighted by Gasteiger charge is 2.24. The lowest BCUT2D eigenvalue weighted by atomic mass is 9.99. The van der Waals surface area contributed by atoms with Crippen LogP contribution in [0, 0.1) is 5.41 Å². The Morgan fingerprint density at radius 2 is 1.74 bits per heavy atom. The molecule has 108 valence electrons. The van der Waals surface area contributed by atoms with Crippen molar-refractivity contribution in [2.45, 2.75) is 25.7 Å². The van der Waals surface area contributed by atoms with Crippen molar-refractivity contribution in [3.8, 4) is 5.75 Å². The summed E-state index contributed by atoms with van der Waals surface area (Å²) >= 11 is 11.8. The van der Waals surface area contributed by atoms with Gasteiger partial charge in [0.15, 0.2) is 0 Å². The molecule has 19 heavy (non-hydrogen) atoms. The zero-order valence-electron chi connectivity index (χ0n) is 11.2. The van der Waals surface area contributed by atoms with Crippen molar-refractivity contribution in [2.24, 2.45) is 5.41 Å². The van der Waals surface area contributed by atoms with Gasteiger partial charge in [-0.3, -0.25) is 4.18 Å². The summed E-state index contributed by atoms with van der Waals surface area (Å²) in [6, 6.07) is 2.57. The molecule has 1 rings (SSSR count). The van der Waals surface area contributed by atoms with Crippen molar-refractivity contribution in [3.63, 3.8) is 0 Å². The molecule has 0 fully saturated rings. The average molecular weight is 327 g/mol. The molecule has 0 aliphatic rings. The van der Waals surface area contributed by atoms with Crippen LogP contribution in [0.25, 0.3) is 0 Å². The maximum Gasteiger partial charge on any atom is 0.298 e. The first-order valence-corrected chi connectivity index (χ1v) is 7.66. The van der Waals surface area contributed by atoms with E-state index in [-0.39, 0.29) is 32.7 Å². The van der Waals surface area contributed by atoms with E-state index >= 15 is 0 Å². The van der Waals surface area contributed by atoms with Gasteiger partial charge in [0.1, 0.15) is 10.6 Å². The van der Waals surface area contributed by atoms with E-state index in [9.17, 15) is 8.42 Å². The fourth-order valence-electron chi connectivity index (χ4n) is 1.18. The summed E-state index contributed by atoms with van der Waals surface area (Å²) in [5.74, 6) is 0.226. The molecule has 0 atom stereocenters. The van der Waals surface area contributed by atoms with Crippen LogP contribution in [0.4, 0.5) is 0 Å². The number of benzene rings is 1. The lowest BCUT2D eigenvalue weighted by Crippen LogP contribution is -2.19. The molecule has 1 aromatic carbocycles. The molecule has 0 unspecified atom stereocenters. The van der Waals surface area contributed by atoms with Crippen molar-refractivity contribution in [2.75, 3.05) is 13.7 Å². The minimum absolute atomic E-state index is 0.000269. The fraction of sp³-hybridized carbons (Fsp3) is 0.500. The van der Waals surface area contributed by atoms with E-state index in [1.807, 2.05) is 20.8 Å². The Morgan fingerprint density at radius 1 is 1.16 bits per heavy atom. The Balaban J connectivity index is 3.14. The SMILES string of the molecule is COc1cc(S(=O)(=O)OCC(C)(C)C)c(Cl)cc1Cl. The number of hydrogen-bond donors (Lipinski definition) is 0. The monoisotopic (exact) mass is 326 g/mol. The molecule has 7 heteroatoms. The molecule has 0 saturated carbocycles. The predicted molar refractivity (Wildman–Crippen MR) is 75.6 cm³/mol. The van der Waals surface area contributed by atoms with Crippen molar-refractivity contribution in [1.29, 1.82) is 0 Å². The van der Waals surface area contributed by atoms with Gasteiger partial charge in [0, 0.05) is 6.07 Å². The minimum atomic E-state index is -3.94. The molecule has 0 aliphatic carbocycles. The van der Waals surface area contributed by atoms with Gasteiger partial charge in [0.05, 0.1) is 23.8 Å². The molecule has 1 aromatic rings. The van der Waals surface area contributed by atoms with Crippen molar-refractivity contribution in [1.82, 2.24) is 0 Å². The second kappa shape index (κ2) is 5.87. The van der Waals surface area contributed by atoms with Crippen LogP contribution in [0.1, 0.15) is 20.8 Å². The van der Waals surface area contributed by atoms with Crippen LogP contribution in [0.5, 0.6) is 5.75 Å². The van der Waals surface area contributed by atoms with E-state index in [4.69, 9.17) is 32.1 Å². The first kappa shape index (κ1) is 16.6. The largest absolute Gasteiger partial charge is 0.495 e. The smallest absolute Gasteiger partial charge is 0.298 e. The van der Waals surface area contributed by atoms with Crippen LogP contribution >= 0.6 is 23.2 Å². The van der Waals surface area contributed by atoms with Gasteiger partial charge in [-0.25, -0.2) is 0 Å². The van der Waals surface area contributed by atoms with Gasteiger partial charge in [-0.15, -0.1) is 0 Å². The molecule has 0 N–H and O–H groups in total. The highest BCUT2D eigenvalue weighted by atomic mass is 35.5. The second-order valence-corrected chi connectivity index (χ2v) is 7.59. The van der Waals surface area contributed by atoms with E-state index < -0.39 is 10.1 Å². The zero-order valence-corrected chi connectivity index (χ0v) is 13.5.